The van der Waals surface area contributed by atoms with Crippen LogP contribution in [0.3, 0.4) is 0 Å². The van der Waals surface area contributed by atoms with Crippen molar-refractivity contribution in [2.24, 2.45) is 0 Å². The summed E-state index contributed by atoms with van der Waals surface area (Å²) in [6.45, 7) is 0. The lowest BCUT2D eigenvalue weighted by molar-refractivity contribution is -0.137. The van der Waals surface area contributed by atoms with Crippen molar-refractivity contribution in [2.75, 3.05) is 0 Å². The second-order valence-corrected chi connectivity index (χ2v) is 3.88. The number of carboxylic acid groups (broad SMARTS) is 1. The topological polar surface area (TPSA) is 50.2 Å². The van der Waals surface area contributed by atoms with Crippen LogP contribution in [0.1, 0.15) is 11.3 Å². The maximum absolute atomic E-state index is 12.4. The molecule has 0 bridgehead atoms. The summed E-state index contributed by atoms with van der Waals surface area (Å²) >= 11 is 1.64. The molecule has 7 heteroatoms. The maximum atomic E-state index is 12.4. The van der Waals surface area contributed by atoms with Gasteiger partial charge in [0, 0.05) is 6.08 Å². The van der Waals surface area contributed by atoms with Gasteiger partial charge in [-0.25, -0.2) is 9.78 Å². The minimum Gasteiger partial charge on any atom is -0.478 e. The SMILES string of the molecule is O=C(O)/C=C/c1cc(C(F)(F)F)cc(I)n1. The largest absolute Gasteiger partial charge is 0.478 e. The van der Waals surface area contributed by atoms with Gasteiger partial charge in [0.2, 0.25) is 0 Å². The summed E-state index contributed by atoms with van der Waals surface area (Å²) in [6, 6.07) is 1.68. The lowest BCUT2D eigenvalue weighted by Gasteiger charge is -2.07. The Morgan fingerprint density at radius 3 is 2.56 bits per heavy atom. The van der Waals surface area contributed by atoms with E-state index >= 15 is 0 Å². The number of pyridine rings is 1. The summed E-state index contributed by atoms with van der Waals surface area (Å²) in [4.78, 5) is 14.0. The van der Waals surface area contributed by atoms with Crippen LogP contribution in [0.2, 0.25) is 0 Å². The fraction of sp³-hybridized carbons (Fsp3) is 0.111. The van der Waals surface area contributed by atoms with E-state index in [0.29, 0.717) is 0 Å². The van der Waals surface area contributed by atoms with Crippen molar-refractivity contribution in [3.8, 4) is 0 Å². The fourth-order valence-electron chi connectivity index (χ4n) is 0.923. The van der Waals surface area contributed by atoms with Crippen molar-refractivity contribution in [3.63, 3.8) is 0 Å². The summed E-state index contributed by atoms with van der Waals surface area (Å²) in [5.41, 5.74) is -0.890. The minimum absolute atomic E-state index is 0.0402. The van der Waals surface area contributed by atoms with Crippen LogP contribution in [0, 0.1) is 3.70 Å². The Labute approximate surface area is 102 Å². The average Bonchev–Trinajstić information content (AvgIpc) is 2.12. The van der Waals surface area contributed by atoms with Crippen molar-refractivity contribution < 1.29 is 23.1 Å². The lowest BCUT2D eigenvalue weighted by Crippen LogP contribution is -2.06. The first-order valence-corrected chi connectivity index (χ1v) is 5.03. The molecule has 1 aromatic heterocycles. The number of hydrogen-bond donors (Lipinski definition) is 1. The molecule has 0 aromatic carbocycles. The van der Waals surface area contributed by atoms with E-state index < -0.39 is 17.7 Å². The fourth-order valence-corrected chi connectivity index (χ4v) is 1.54. The van der Waals surface area contributed by atoms with Gasteiger partial charge in [-0.3, -0.25) is 0 Å². The van der Waals surface area contributed by atoms with E-state index in [0.717, 1.165) is 24.3 Å². The molecule has 0 aliphatic rings. The molecule has 0 radical (unpaired) electrons. The van der Waals surface area contributed by atoms with Crippen LogP contribution in [0.15, 0.2) is 18.2 Å². The molecule has 0 saturated carbocycles. The molecule has 0 spiro atoms. The first kappa shape index (κ1) is 12.9. The number of rotatable bonds is 2. The van der Waals surface area contributed by atoms with Gasteiger partial charge in [0.05, 0.1) is 11.3 Å². The number of aliphatic carboxylic acids is 1. The molecule has 0 atom stereocenters. The highest BCUT2D eigenvalue weighted by atomic mass is 127. The van der Waals surface area contributed by atoms with Gasteiger partial charge in [-0.15, -0.1) is 0 Å². The summed E-state index contributed by atoms with van der Waals surface area (Å²) in [6.07, 6.45) is -2.72. The smallest absolute Gasteiger partial charge is 0.416 e. The van der Waals surface area contributed by atoms with Crippen LogP contribution in [0.5, 0.6) is 0 Å². The van der Waals surface area contributed by atoms with Crippen molar-refractivity contribution in [3.05, 3.63) is 33.2 Å². The Hall–Kier alpha value is -1.12. The third kappa shape index (κ3) is 3.80. The quantitative estimate of drug-likeness (QED) is 0.510. The van der Waals surface area contributed by atoms with Crippen LogP contribution >= 0.6 is 22.6 Å². The average molecular weight is 343 g/mol. The van der Waals surface area contributed by atoms with Crippen LogP contribution < -0.4 is 0 Å². The highest BCUT2D eigenvalue weighted by molar-refractivity contribution is 14.1. The molecule has 0 amide bonds. The minimum atomic E-state index is -4.46. The Morgan fingerprint density at radius 1 is 1.44 bits per heavy atom. The van der Waals surface area contributed by atoms with Crippen molar-refractivity contribution >= 4 is 34.6 Å². The number of carboxylic acids is 1. The molecule has 16 heavy (non-hydrogen) atoms. The van der Waals surface area contributed by atoms with Gasteiger partial charge in [-0.05, 0) is 40.8 Å². The van der Waals surface area contributed by atoms with Crippen LogP contribution in [-0.4, -0.2) is 16.1 Å². The molecule has 1 N–H and O–H groups in total. The van der Waals surface area contributed by atoms with Gasteiger partial charge < -0.3 is 5.11 Å². The third-order valence-electron chi connectivity index (χ3n) is 1.54. The van der Waals surface area contributed by atoms with E-state index in [1.54, 1.807) is 22.6 Å². The second-order valence-electron chi connectivity index (χ2n) is 2.77. The monoisotopic (exact) mass is 343 g/mol. The summed E-state index contributed by atoms with van der Waals surface area (Å²) < 4.78 is 37.3. The highest BCUT2D eigenvalue weighted by Gasteiger charge is 2.31. The van der Waals surface area contributed by atoms with E-state index in [1.165, 1.54) is 0 Å². The Balaban J connectivity index is 3.13. The predicted molar refractivity (Wildman–Crippen MR) is 58.6 cm³/mol. The number of halogens is 4. The van der Waals surface area contributed by atoms with Gasteiger partial charge in [-0.1, -0.05) is 0 Å². The first-order valence-electron chi connectivity index (χ1n) is 3.95. The zero-order chi connectivity index (χ0) is 12.3. The summed E-state index contributed by atoms with van der Waals surface area (Å²) in [7, 11) is 0. The molecular formula is C9H5F3INO2. The van der Waals surface area contributed by atoms with Crippen LogP contribution in [-0.2, 0) is 11.0 Å². The van der Waals surface area contributed by atoms with Gasteiger partial charge in [0.25, 0.3) is 0 Å². The molecule has 3 nitrogen and oxygen atoms in total. The van der Waals surface area contributed by atoms with Gasteiger partial charge >= 0.3 is 12.1 Å². The van der Waals surface area contributed by atoms with E-state index in [9.17, 15) is 18.0 Å². The zero-order valence-electron chi connectivity index (χ0n) is 7.62. The van der Waals surface area contributed by atoms with E-state index in [-0.39, 0.29) is 9.39 Å². The third-order valence-corrected chi connectivity index (χ3v) is 2.09. The van der Waals surface area contributed by atoms with Gasteiger partial charge in [0.1, 0.15) is 3.70 Å². The van der Waals surface area contributed by atoms with E-state index in [4.69, 9.17) is 5.11 Å². The Kier molecular flexibility index (Phi) is 3.89. The molecule has 1 heterocycles. The number of nitrogens with zero attached hydrogens (tertiary/aromatic N) is 1. The van der Waals surface area contributed by atoms with Crippen LogP contribution in [0.4, 0.5) is 13.2 Å². The Bertz CT molecular complexity index is 443. The number of hydrogen-bond acceptors (Lipinski definition) is 2. The van der Waals surface area contributed by atoms with E-state index in [2.05, 4.69) is 4.98 Å². The second kappa shape index (κ2) is 4.81. The molecule has 0 aliphatic carbocycles. The van der Waals surface area contributed by atoms with Gasteiger partial charge in [0.15, 0.2) is 0 Å². The first-order chi connectivity index (χ1) is 7.29. The molecule has 0 aliphatic heterocycles. The van der Waals surface area contributed by atoms with Crippen molar-refractivity contribution in [1.82, 2.24) is 4.98 Å². The lowest BCUT2D eigenvalue weighted by atomic mass is 10.2. The summed E-state index contributed by atoms with van der Waals surface area (Å²) in [5, 5.41) is 8.33. The van der Waals surface area contributed by atoms with E-state index in [1.807, 2.05) is 0 Å². The molecule has 1 rings (SSSR count). The van der Waals surface area contributed by atoms with Crippen LogP contribution in [0.25, 0.3) is 6.08 Å². The molecule has 0 unspecified atom stereocenters. The molecule has 1 aromatic rings. The molecule has 0 saturated heterocycles. The molecular weight excluding hydrogens is 338 g/mol. The normalized spacial score (nSPS) is 12.0. The Morgan fingerprint density at radius 2 is 2.06 bits per heavy atom. The molecule has 86 valence electrons. The van der Waals surface area contributed by atoms with Crippen molar-refractivity contribution in [1.29, 1.82) is 0 Å². The number of aromatic nitrogens is 1. The standard InChI is InChI=1S/C9H5F3INO2/c10-9(11,12)5-3-6(1-2-8(15)16)14-7(13)4-5/h1-4H,(H,15,16)/b2-1+. The highest BCUT2D eigenvalue weighted by Crippen LogP contribution is 2.30. The van der Waals surface area contributed by atoms with Crippen molar-refractivity contribution in [2.45, 2.75) is 6.18 Å². The predicted octanol–water partition coefficient (Wildman–Crippen LogP) is 2.80. The maximum Gasteiger partial charge on any atom is 0.416 e. The number of alkyl halides is 3. The molecule has 0 fully saturated rings. The van der Waals surface area contributed by atoms with Gasteiger partial charge in [-0.2, -0.15) is 13.2 Å². The summed E-state index contributed by atoms with van der Waals surface area (Å²) in [5.74, 6) is -1.24. The number of carbonyl (C=O) groups is 1. The zero-order valence-corrected chi connectivity index (χ0v) is 9.78.